The third-order valence-corrected chi connectivity index (χ3v) is 6.31. The number of imidazole rings is 1. The number of nitrogens with one attached hydrogen (secondary N) is 1. The second-order valence-electron chi connectivity index (χ2n) is 7.65. The van der Waals surface area contributed by atoms with E-state index in [4.69, 9.17) is 4.98 Å². The van der Waals surface area contributed by atoms with E-state index in [1.165, 1.54) is 29.5 Å². The van der Waals surface area contributed by atoms with Gasteiger partial charge in [0.25, 0.3) is 0 Å². The van der Waals surface area contributed by atoms with Crippen molar-refractivity contribution in [3.63, 3.8) is 0 Å². The maximum absolute atomic E-state index is 13.2. The minimum absolute atomic E-state index is 0.0679. The van der Waals surface area contributed by atoms with Gasteiger partial charge in [-0.1, -0.05) is 60.6 Å². The van der Waals surface area contributed by atoms with Gasteiger partial charge in [-0.2, -0.15) is 0 Å². The van der Waals surface area contributed by atoms with Gasteiger partial charge in [0.1, 0.15) is 17.4 Å². The first-order valence-corrected chi connectivity index (χ1v) is 11.6. The van der Waals surface area contributed by atoms with Crippen molar-refractivity contribution >= 4 is 28.8 Å². The highest BCUT2D eigenvalue weighted by molar-refractivity contribution is 7.98. The summed E-state index contributed by atoms with van der Waals surface area (Å²) in [6.07, 6.45) is 2.32. The molecule has 0 saturated heterocycles. The van der Waals surface area contributed by atoms with Gasteiger partial charge in [0.05, 0.1) is 0 Å². The molecule has 0 fully saturated rings. The van der Waals surface area contributed by atoms with Crippen molar-refractivity contribution in [3.8, 4) is 0 Å². The van der Waals surface area contributed by atoms with Gasteiger partial charge in [-0.05, 0) is 48.7 Å². The topological polar surface area (TPSA) is 59.8 Å². The van der Waals surface area contributed by atoms with Crippen molar-refractivity contribution in [2.24, 2.45) is 0 Å². The summed E-state index contributed by atoms with van der Waals surface area (Å²) in [5, 5.41) is 3.79. The number of amides is 1. The molecule has 1 amide bonds. The Hall–Kier alpha value is -3.19. The molecule has 2 heterocycles. The lowest BCUT2D eigenvalue weighted by molar-refractivity contribution is -0.124. The van der Waals surface area contributed by atoms with Gasteiger partial charge >= 0.3 is 0 Å². The minimum Gasteiger partial charge on any atom is -0.350 e. The first-order chi connectivity index (χ1) is 15.5. The molecule has 5 nitrogen and oxygen atoms in total. The summed E-state index contributed by atoms with van der Waals surface area (Å²) in [6, 6.07) is 17.9. The zero-order valence-electron chi connectivity index (χ0n) is 18.1. The predicted molar refractivity (Wildman–Crippen MR) is 126 cm³/mol. The fraction of sp³-hybridized carbons (Fsp3) is 0.240. The molecule has 0 aliphatic rings. The Balaban J connectivity index is 1.58. The summed E-state index contributed by atoms with van der Waals surface area (Å²) in [6.45, 7) is 4.49. The van der Waals surface area contributed by atoms with Gasteiger partial charge in [-0.25, -0.2) is 14.4 Å². The summed E-state index contributed by atoms with van der Waals surface area (Å²) in [7, 11) is 0. The van der Waals surface area contributed by atoms with E-state index in [9.17, 15) is 9.18 Å². The molecule has 0 bridgehead atoms. The van der Waals surface area contributed by atoms with Crippen LogP contribution in [0.15, 0.2) is 72.0 Å². The van der Waals surface area contributed by atoms with Crippen LogP contribution in [0.5, 0.6) is 0 Å². The van der Waals surface area contributed by atoms with Crippen molar-refractivity contribution < 1.29 is 9.18 Å². The van der Waals surface area contributed by atoms with Crippen LogP contribution in [0.2, 0.25) is 0 Å². The highest BCUT2D eigenvalue weighted by Crippen LogP contribution is 2.30. The van der Waals surface area contributed by atoms with E-state index in [-0.39, 0.29) is 11.7 Å². The lowest BCUT2D eigenvalue weighted by Crippen LogP contribution is -2.32. The maximum Gasteiger partial charge on any atom is 0.243 e. The Morgan fingerprint density at radius 2 is 1.81 bits per heavy atom. The normalized spacial score (nSPS) is 12.1. The summed E-state index contributed by atoms with van der Waals surface area (Å²) >= 11 is 1.52. The summed E-state index contributed by atoms with van der Waals surface area (Å²) in [5.41, 5.74) is 4.66. The van der Waals surface area contributed by atoms with E-state index in [1.807, 2.05) is 54.8 Å². The molecule has 32 heavy (non-hydrogen) atoms. The van der Waals surface area contributed by atoms with Crippen molar-refractivity contribution in [1.82, 2.24) is 19.9 Å². The van der Waals surface area contributed by atoms with Gasteiger partial charge in [0, 0.05) is 18.5 Å². The van der Waals surface area contributed by atoms with E-state index >= 15 is 0 Å². The number of aromatic nitrogens is 3. The molecule has 0 saturated carbocycles. The van der Waals surface area contributed by atoms with Gasteiger partial charge < -0.3 is 5.32 Å². The molecule has 0 unspecified atom stereocenters. The largest absolute Gasteiger partial charge is 0.350 e. The first kappa shape index (κ1) is 22.0. The third-order valence-electron chi connectivity index (χ3n) is 5.29. The highest BCUT2D eigenvalue weighted by Gasteiger charge is 2.25. The van der Waals surface area contributed by atoms with Crippen LogP contribution in [0.4, 0.5) is 4.39 Å². The van der Waals surface area contributed by atoms with Crippen molar-refractivity contribution in [1.29, 1.82) is 0 Å². The minimum atomic E-state index is -0.434. The molecule has 0 aliphatic heterocycles. The molecule has 0 radical (unpaired) electrons. The van der Waals surface area contributed by atoms with Gasteiger partial charge in [-0.15, -0.1) is 0 Å². The quantitative estimate of drug-likeness (QED) is 0.365. The van der Waals surface area contributed by atoms with E-state index in [0.29, 0.717) is 24.4 Å². The second kappa shape index (κ2) is 9.96. The fourth-order valence-corrected chi connectivity index (χ4v) is 4.52. The van der Waals surface area contributed by atoms with Gasteiger partial charge in [-0.3, -0.25) is 9.36 Å². The Morgan fingerprint density at radius 3 is 2.53 bits per heavy atom. The van der Waals surface area contributed by atoms with Gasteiger partial charge in [0.15, 0.2) is 10.8 Å². The number of aryl methyl sites for hydroxylation is 1. The van der Waals surface area contributed by atoms with Crippen LogP contribution in [0.3, 0.4) is 0 Å². The zero-order valence-corrected chi connectivity index (χ0v) is 18.9. The van der Waals surface area contributed by atoms with E-state index in [2.05, 4.69) is 10.3 Å². The molecule has 164 valence electrons. The first-order valence-electron chi connectivity index (χ1n) is 10.6. The number of rotatable bonds is 8. The van der Waals surface area contributed by atoms with E-state index in [0.717, 1.165) is 21.8 Å². The fourth-order valence-electron chi connectivity index (χ4n) is 3.52. The average molecular weight is 449 g/mol. The number of nitrogens with zero attached hydrogens (tertiary/aromatic N) is 3. The number of pyridine rings is 1. The Morgan fingerprint density at radius 1 is 1.09 bits per heavy atom. The summed E-state index contributed by atoms with van der Waals surface area (Å²) in [4.78, 5) is 22.4. The molecule has 7 heteroatoms. The lowest BCUT2D eigenvalue weighted by Gasteiger charge is -2.19. The van der Waals surface area contributed by atoms with Crippen molar-refractivity contribution in [3.05, 3.63) is 89.4 Å². The number of halogens is 1. The third kappa shape index (κ3) is 4.99. The number of benzene rings is 2. The van der Waals surface area contributed by atoms with Crippen molar-refractivity contribution in [2.75, 3.05) is 0 Å². The second-order valence-corrected chi connectivity index (χ2v) is 8.60. The lowest BCUT2D eigenvalue weighted by atomic mass is 10.1. The van der Waals surface area contributed by atoms with E-state index < -0.39 is 6.04 Å². The van der Waals surface area contributed by atoms with Crippen LogP contribution >= 0.6 is 11.8 Å². The highest BCUT2D eigenvalue weighted by atomic mass is 32.2. The zero-order chi connectivity index (χ0) is 22.5. The van der Waals surface area contributed by atoms with Crippen LogP contribution < -0.4 is 5.32 Å². The van der Waals surface area contributed by atoms with Crippen LogP contribution in [0.25, 0.3) is 11.2 Å². The molecule has 2 aromatic heterocycles. The maximum atomic E-state index is 13.2. The predicted octanol–water partition coefficient (Wildman–Crippen LogP) is 5.44. The van der Waals surface area contributed by atoms with Crippen LogP contribution in [-0.4, -0.2) is 20.4 Å². The Kier molecular flexibility index (Phi) is 6.85. The molecular weight excluding hydrogens is 423 g/mol. The average Bonchev–Trinajstić information content (AvgIpc) is 3.17. The molecule has 4 aromatic rings. The number of hydrogen-bond acceptors (Lipinski definition) is 4. The molecule has 0 spiro atoms. The molecule has 1 N–H and O–H groups in total. The standard InChI is InChI=1S/C25H25FN4OS/c1-3-22(24(31)28-15-18-8-6-17(2)7-9-18)30-23-21(5-4-14-27-23)29-25(30)32-16-19-10-12-20(26)13-11-19/h4-14,22H,3,15-16H2,1-2H3,(H,28,31)/t22-/m0/s1. The monoisotopic (exact) mass is 448 g/mol. The Bertz CT molecular complexity index is 1210. The number of thioether (sulfide) groups is 1. The number of hydrogen-bond donors (Lipinski definition) is 1. The van der Waals surface area contributed by atoms with Crippen LogP contribution in [0.1, 0.15) is 36.1 Å². The molecule has 0 aliphatic carbocycles. The molecule has 2 aromatic carbocycles. The van der Waals surface area contributed by atoms with Gasteiger partial charge in [0.2, 0.25) is 5.91 Å². The Labute approximate surface area is 191 Å². The van der Waals surface area contributed by atoms with Crippen LogP contribution in [-0.2, 0) is 17.1 Å². The number of fused-ring (bicyclic) bond motifs is 1. The summed E-state index contributed by atoms with van der Waals surface area (Å²) in [5.74, 6) is 0.290. The van der Waals surface area contributed by atoms with Crippen molar-refractivity contribution in [2.45, 2.75) is 43.8 Å². The molecule has 1 atom stereocenters. The molecule has 4 rings (SSSR count). The number of carbonyl (C=O) groups is 1. The van der Waals surface area contributed by atoms with E-state index in [1.54, 1.807) is 18.3 Å². The van der Waals surface area contributed by atoms with Crippen LogP contribution in [0, 0.1) is 12.7 Å². The smallest absolute Gasteiger partial charge is 0.243 e. The number of carbonyl (C=O) groups excluding carboxylic acids is 1. The SMILES string of the molecule is CC[C@@H](C(=O)NCc1ccc(C)cc1)n1c(SCc2ccc(F)cc2)nc2cccnc21. The summed E-state index contributed by atoms with van der Waals surface area (Å²) < 4.78 is 15.2. The molecular formula is C25H25FN4OS.